The Hall–Kier alpha value is -4.46. The topological polar surface area (TPSA) is 0 Å². The standard InChI is InChI=1S/C42H32S/c1-2-12-28-25-30(24-23-27(28)11-1)29-13-9-14-31(26-29)40-33-16-3-5-18-35(33)41(36-19-6-4-17-34(36)40)38-21-10-20-37-32-15-7-8-22-39(32)43-42(37)38/h2-8,10,12-13,15-26,33,35H,1,9,11,14H2. The molecule has 9 rings (SSSR count). The van der Waals surface area contributed by atoms with E-state index < -0.39 is 0 Å². The van der Waals surface area contributed by atoms with Crippen molar-refractivity contribution in [2.75, 3.05) is 0 Å². The second-order valence-electron chi connectivity index (χ2n) is 12.2. The molecule has 0 spiro atoms. The number of allylic oxidation sites excluding steroid dienone is 9. The van der Waals surface area contributed by atoms with Gasteiger partial charge in [0, 0.05) is 32.0 Å². The summed E-state index contributed by atoms with van der Waals surface area (Å²) in [4.78, 5) is 0. The summed E-state index contributed by atoms with van der Waals surface area (Å²) in [5.41, 5.74) is 11.4. The minimum Gasteiger partial charge on any atom is -0.135 e. The van der Waals surface area contributed by atoms with Crippen LogP contribution < -0.4 is 10.4 Å². The van der Waals surface area contributed by atoms with Gasteiger partial charge in [-0.05, 0) is 92.8 Å². The predicted octanol–water partition coefficient (Wildman–Crippen LogP) is 9.54. The summed E-state index contributed by atoms with van der Waals surface area (Å²) < 4.78 is 2.77. The molecule has 4 aromatic carbocycles. The van der Waals surface area contributed by atoms with E-state index in [9.17, 15) is 0 Å². The van der Waals surface area contributed by atoms with Crippen LogP contribution in [0.4, 0.5) is 0 Å². The highest BCUT2D eigenvalue weighted by atomic mass is 32.1. The molecular weight excluding hydrogens is 537 g/mol. The summed E-state index contributed by atoms with van der Waals surface area (Å²) in [6.07, 6.45) is 23.5. The minimum atomic E-state index is 0.301. The maximum Gasteiger partial charge on any atom is 0.0431 e. The average molecular weight is 569 g/mol. The van der Waals surface area contributed by atoms with Crippen LogP contribution in [0.15, 0.2) is 133 Å². The second-order valence-corrected chi connectivity index (χ2v) is 13.2. The summed E-state index contributed by atoms with van der Waals surface area (Å²) in [5, 5.41) is 5.52. The van der Waals surface area contributed by atoms with E-state index in [0.717, 1.165) is 25.7 Å². The van der Waals surface area contributed by atoms with Gasteiger partial charge < -0.3 is 0 Å². The van der Waals surface area contributed by atoms with Crippen molar-refractivity contribution in [1.82, 2.24) is 0 Å². The Morgan fingerprint density at radius 2 is 1.47 bits per heavy atom. The maximum absolute atomic E-state index is 2.50. The molecule has 0 bridgehead atoms. The van der Waals surface area contributed by atoms with Gasteiger partial charge in [0.2, 0.25) is 0 Å². The summed E-state index contributed by atoms with van der Waals surface area (Å²) in [7, 11) is 0. The fourth-order valence-corrected chi connectivity index (χ4v) is 9.09. The maximum atomic E-state index is 2.50. The molecule has 206 valence electrons. The van der Waals surface area contributed by atoms with Crippen molar-refractivity contribution in [3.63, 3.8) is 0 Å². The van der Waals surface area contributed by atoms with Crippen LogP contribution in [0, 0.1) is 11.8 Å². The Balaban J connectivity index is 1.28. The minimum absolute atomic E-state index is 0.301. The molecule has 0 saturated carbocycles. The van der Waals surface area contributed by atoms with Gasteiger partial charge in [0.1, 0.15) is 0 Å². The smallest absolute Gasteiger partial charge is 0.0431 e. The molecule has 1 heteroatoms. The van der Waals surface area contributed by atoms with Crippen molar-refractivity contribution in [3.05, 3.63) is 166 Å². The van der Waals surface area contributed by atoms with Gasteiger partial charge in [-0.15, -0.1) is 11.3 Å². The quantitative estimate of drug-likeness (QED) is 0.203. The van der Waals surface area contributed by atoms with Crippen LogP contribution in [-0.2, 0) is 6.42 Å². The molecule has 2 unspecified atom stereocenters. The van der Waals surface area contributed by atoms with Crippen LogP contribution >= 0.6 is 11.3 Å². The van der Waals surface area contributed by atoms with Gasteiger partial charge in [-0.1, -0.05) is 121 Å². The molecule has 5 aromatic rings. The summed E-state index contributed by atoms with van der Waals surface area (Å²) in [6, 6.07) is 32.1. The van der Waals surface area contributed by atoms with E-state index in [1.54, 1.807) is 0 Å². The van der Waals surface area contributed by atoms with E-state index in [-0.39, 0.29) is 0 Å². The van der Waals surface area contributed by atoms with Crippen LogP contribution in [0.3, 0.4) is 0 Å². The van der Waals surface area contributed by atoms with E-state index in [2.05, 4.69) is 134 Å². The molecule has 0 saturated heterocycles. The fraction of sp³-hybridized carbons (Fsp3) is 0.143. The monoisotopic (exact) mass is 568 g/mol. The largest absolute Gasteiger partial charge is 0.135 e. The lowest BCUT2D eigenvalue weighted by atomic mass is 9.69. The molecule has 0 radical (unpaired) electrons. The summed E-state index contributed by atoms with van der Waals surface area (Å²) in [6.45, 7) is 0. The highest BCUT2D eigenvalue weighted by Gasteiger charge is 2.33. The van der Waals surface area contributed by atoms with Gasteiger partial charge in [-0.3, -0.25) is 0 Å². The summed E-state index contributed by atoms with van der Waals surface area (Å²) in [5.74, 6) is 0.617. The van der Waals surface area contributed by atoms with Gasteiger partial charge in [0.25, 0.3) is 0 Å². The third-order valence-corrected chi connectivity index (χ3v) is 11.0. The number of hydrogen-bond acceptors (Lipinski definition) is 1. The molecule has 4 aliphatic rings. The van der Waals surface area contributed by atoms with Crippen LogP contribution in [0.2, 0.25) is 0 Å². The first kappa shape index (κ1) is 25.1. The Morgan fingerprint density at radius 3 is 2.37 bits per heavy atom. The second kappa shape index (κ2) is 10.1. The third-order valence-electron chi connectivity index (χ3n) is 9.81. The lowest BCUT2D eigenvalue weighted by Crippen LogP contribution is -2.40. The molecule has 1 aromatic heterocycles. The van der Waals surface area contributed by atoms with Crippen LogP contribution in [0.5, 0.6) is 0 Å². The van der Waals surface area contributed by atoms with Crippen molar-refractivity contribution < 1.29 is 0 Å². The van der Waals surface area contributed by atoms with Crippen molar-refractivity contribution in [2.24, 2.45) is 11.8 Å². The van der Waals surface area contributed by atoms with Crippen molar-refractivity contribution in [3.8, 4) is 0 Å². The molecule has 2 atom stereocenters. The lowest BCUT2D eigenvalue weighted by Gasteiger charge is -2.35. The van der Waals surface area contributed by atoms with Crippen LogP contribution in [0.25, 0.3) is 43.0 Å². The van der Waals surface area contributed by atoms with E-state index in [1.807, 2.05) is 11.3 Å². The molecular formula is C42H32S. The highest BCUT2D eigenvalue weighted by molar-refractivity contribution is 7.26. The van der Waals surface area contributed by atoms with Gasteiger partial charge >= 0.3 is 0 Å². The first-order valence-corrected chi connectivity index (χ1v) is 16.5. The number of thiophene rings is 1. The number of hydrogen-bond donors (Lipinski definition) is 0. The zero-order valence-electron chi connectivity index (χ0n) is 24.1. The molecule has 4 aliphatic carbocycles. The Bertz CT molecular complexity index is 2240. The number of fused-ring (bicyclic) bond motifs is 6. The molecule has 0 nitrogen and oxygen atoms in total. The Kier molecular flexibility index (Phi) is 5.87. The van der Waals surface area contributed by atoms with E-state index in [1.165, 1.54) is 75.2 Å². The molecule has 43 heavy (non-hydrogen) atoms. The number of benzene rings is 4. The van der Waals surface area contributed by atoms with Crippen molar-refractivity contribution in [1.29, 1.82) is 0 Å². The zero-order chi connectivity index (χ0) is 28.3. The normalized spacial score (nSPS) is 20.6. The predicted molar refractivity (Wildman–Crippen MR) is 185 cm³/mol. The number of aryl methyl sites for hydroxylation is 1. The Labute approximate surface area is 256 Å². The van der Waals surface area contributed by atoms with E-state index in [0.29, 0.717) is 11.8 Å². The fourth-order valence-electron chi connectivity index (χ4n) is 7.86. The third kappa shape index (κ3) is 4.02. The van der Waals surface area contributed by atoms with Gasteiger partial charge in [0.15, 0.2) is 0 Å². The van der Waals surface area contributed by atoms with E-state index in [4.69, 9.17) is 0 Å². The van der Waals surface area contributed by atoms with Crippen LogP contribution in [-0.4, -0.2) is 0 Å². The molecule has 0 amide bonds. The molecule has 0 aliphatic heterocycles. The average Bonchev–Trinajstić information content (AvgIpc) is 3.46. The number of rotatable bonds is 3. The lowest BCUT2D eigenvalue weighted by molar-refractivity contribution is 0.680. The highest BCUT2D eigenvalue weighted by Crippen LogP contribution is 2.46. The summed E-state index contributed by atoms with van der Waals surface area (Å²) >= 11 is 1.94. The van der Waals surface area contributed by atoms with Crippen molar-refractivity contribution in [2.45, 2.75) is 25.7 Å². The zero-order valence-corrected chi connectivity index (χ0v) is 24.9. The molecule has 1 heterocycles. The van der Waals surface area contributed by atoms with Gasteiger partial charge in [-0.2, -0.15) is 0 Å². The van der Waals surface area contributed by atoms with E-state index >= 15 is 0 Å². The first-order chi connectivity index (χ1) is 21.3. The molecule has 0 fully saturated rings. The van der Waals surface area contributed by atoms with Crippen LogP contribution in [0.1, 0.15) is 41.5 Å². The van der Waals surface area contributed by atoms with Gasteiger partial charge in [0.05, 0.1) is 0 Å². The Morgan fingerprint density at radius 1 is 0.674 bits per heavy atom. The first-order valence-electron chi connectivity index (χ1n) is 15.6. The molecule has 0 N–H and O–H groups in total. The van der Waals surface area contributed by atoms with Crippen molar-refractivity contribution >= 4 is 54.3 Å². The SMILES string of the molecule is C1=CC2C(C3=CC(c4ccc5c(c4)C=CCC5)=CCC3)=c3ccccc3=C(c3cccc4c3sc3ccccc34)C2C=C1. The van der Waals surface area contributed by atoms with Gasteiger partial charge in [-0.25, -0.2) is 0 Å².